The summed E-state index contributed by atoms with van der Waals surface area (Å²) < 4.78 is -0.434. The lowest BCUT2D eigenvalue weighted by Gasteiger charge is -2.52. The Bertz CT molecular complexity index is 662. The summed E-state index contributed by atoms with van der Waals surface area (Å²) in [6.07, 6.45) is 24.2. The van der Waals surface area contributed by atoms with Crippen LogP contribution in [0.4, 0.5) is 0 Å². The van der Waals surface area contributed by atoms with Crippen molar-refractivity contribution < 1.29 is 34.2 Å². The average Bonchev–Trinajstić information content (AvgIpc) is 2.93. The molecule has 0 bridgehead atoms. The van der Waals surface area contributed by atoms with Gasteiger partial charge in [-0.15, -0.1) is 0 Å². The summed E-state index contributed by atoms with van der Waals surface area (Å²) >= 11 is 0. The Morgan fingerprint density at radius 2 is 0.927 bits per heavy atom. The van der Waals surface area contributed by atoms with Crippen LogP contribution in [-0.2, 0) is 14.4 Å². The number of quaternary nitrogens is 1. The van der Waals surface area contributed by atoms with E-state index in [1.807, 2.05) is 20.8 Å². The molecule has 0 aliphatic rings. The van der Waals surface area contributed by atoms with Crippen molar-refractivity contribution in [2.24, 2.45) is 0 Å². The van der Waals surface area contributed by atoms with E-state index >= 15 is 0 Å². The molecule has 240 valence electrons. The quantitative estimate of drug-likeness (QED) is 0.0532. The van der Waals surface area contributed by atoms with E-state index in [9.17, 15) is 29.7 Å². The van der Waals surface area contributed by atoms with Gasteiger partial charge in [0.25, 0.3) is 0 Å². The fourth-order valence-corrected chi connectivity index (χ4v) is 6.44. The molecule has 41 heavy (non-hydrogen) atoms. The van der Waals surface area contributed by atoms with Gasteiger partial charge in [-0.3, -0.25) is 4.48 Å². The van der Waals surface area contributed by atoms with Crippen molar-refractivity contribution in [3.8, 4) is 0 Å². The van der Waals surface area contributed by atoms with Gasteiger partial charge in [0.05, 0.1) is 12.5 Å². The first-order valence-corrected chi connectivity index (χ1v) is 16.9. The highest BCUT2D eigenvalue weighted by atomic mass is 16.4. The number of allylic oxidation sites excluding steroid dienone is 2. The van der Waals surface area contributed by atoms with E-state index in [0.29, 0.717) is 25.7 Å². The minimum atomic E-state index is -1.33. The number of hydrogen-bond donors (Lipinski definition) is 2. The van der Waals surface area contributed by atoms with Gasteiger partial charge in [-0.25, -0.2) is 9.59 Å². The highest BCUT2D eigenvalue weighted by molar-refractivity contribution is 5.77. The van der Waals surface area contributed by atoms with Gasteiger partial charge in [-0.05, 0) is 51.4 Å². The lowest BCUT2D eigenvalue weighted by atomic mass is 9.91. The van der Waals surface area contributed by atoms with Gasteiger partial charge in [0.2, 0.25) is 0 Å². The molecular weight excluding hydrogens is 518 g/mol. The zero-order valence-electron chi connectivity index (χ0n) is 26.9. The van der Waals surface area contributed by atoms with Crippen LogP contribution in [0.1, 0.15) is 163 Å². The van der Waals surface area contributed by atoms with Crippen molar-refractivity contribution in [1.29, 1.82) is 0 Å². The fraction of sp³-hybridized carbons (Fsp3) is 0.853. The lowest BCUT2D eigenvalue weighted by Crippen LogP contribution is -2.74. The van der Waals surface area contributed by atoms with Crippen molar-refractivity contribution in [2.45, 2.75) is 181 Å². The lowest BCUT2D eigenvalue weighted by molar-refractivity contribution is -0.975. The number of unbranched alkanes of at least 4 members (excludes halogenated alkanes) is 13. The summed E-state index contributed by atoms with van der Waals surface area (Å²) in [6, 6.07) is -3.32. The smallest absolute Gasteiger partial charge is 0.362 e. The van der Waals surface area contributed by atoms with Crippen LogP contribution in [0.5, 0.6) is 0 Å². The van der Waals surface area contributed by atoms with Crippen molar-refractivity contribution in [1.82, 2.24) is 0 Å². The number of carboxylic acid groups (broad SMARTS) is 3. The summed E-state index contributed by atoms with van der Waals surface area (Å²) in [5.74, 6) is -3.56. The molecule has 0 aromatic heterocycles. The first-order valence-electron chi connectivity index (χ1n) is 16.9. The van der Waals surface area contributed by atoms with Crippen LogP contribution in [0.15, 0.2) is 12.2 Å². The van der Waals surface area contributed by atoms with Crippen LogP contribution in [0.2, 0.25) is 0 Å². The molecule has 0 spiro atoms. The zero-order valence-corrected chi connectivity index (χ0v) is 26.9. The molecule has 0 aliphatic heterocycles. The highest BCUT2D eigenvalue weighted by Gasteiger charge is 2.54. The van der Waals surface area contributed by atoms with Gasteiger partial charge >= 0.3 is 11.9 Å². The molecule has 0 radical (unpaired) electrons. The normalized spacial score (nSPS) is 15.4. The molecule has 3 unspecified atom stereocenters. The number of carboxylic acids is 3. The molecule has 7 nitrogen and oxygen atoms in total. The Morgan fingerprint density at radius 1 is 0.561 bits per heavy atom. The molecule has 3 atom stereocenters. The molecule has 0 aromatic carbocycles. The predicted octanol–water partition coefficient (Wildman–Crippen LogP) is 7.66. The third-order valence-corrected chi connectivity index (χ3v) is 8.58. The number of carbonyl (C=O) groups excluding carboxylic acids is 1. The number of aliphatic carboxylic acids is 3. The van der Waals surface area contributed by atoms with E-state index in [1.165, 1.54) is 64.2 Å². The molecule has 7 heteroatoms. The first kappa shape index (κ1) is 39.1. The zero-order chi connectivity index (χ0) is 30.9. The third-order valence-electron chi connectivity index (χ3n) is 8.58. The molecule has 0 saturated heterocycles. The highest BCUT2D eigenvalue weighted by Crippen LogP contribution is 2.34. The van der Waals surface area contributed by atoms with Crippen LogP contribution >= 0.6 is 0 Å². The van der Waals surface area contributed by atoms with E-state index in [-0.39, 0.29) is 25.8 Å². The standard InChI is InChI=1S/C34H63NO6/c1-5-9-10-11-12-13-14-15-16-17-18-19-20-21-22-23-24-28-35(29(25-6-2)32(36)37,30(26-7-3)33(38)39)31(27-8-4)34(40)41/h12-13,29-31H,5-11,14-28H2,1-4H3,(H2-,36,37,38,39,40,41)/b13-12+. The number of carbonyl (C=O) groups is 3. The molecule has 0 fully saturated rings. The summed E-state index contributed by atoms with van der Waals surface area (Å²) in [5.41, 5.74) is 0. The van der Waals surface area contributed by atoms with Crippen molar-refractivity contribution >= 4 is 17.9 Å². The Morgan fingerprint density at radius 3 is 1.29 bits per heavy atom. The third kappa shape index (κ3) is 15.2. The van der Waals surface area contributed by atoms with E-state index in [0.717, 1.165) is 25.7 Å². The SMILES string of the molecule is CCCCC/C=C/CCCCCCCCCCCC[N+](C(CCC)C(=O)[O-])(C(CCC)C(=O)O)C(CCC)C(=O)O. The Labute approximate surface area is 251 Å². The monoisotopic (exact) mass is 581 g/mol. The van der Waals surface area contributed by atoms with Gasteiger partial charge in [-0.2, -0.15) is 0 Å². The average molecular weight is 582 g/mol. The maximum Gasteiger partial charge on any atom is 0.362 e. The molecule has 0 aromatic rings. The molecule has 0 aliphatic carbocycles. The topological polar surface area (TPSA) is 115 Å². The number of nitrogens with zero attached hydrogens (tertiary/aromatic N) is 1. The summed E-state index contributed by atoms with van der Waals surface area (Å²) in [7, 11) is 0. The maximum atomic E-state index is 12.6. The number of rotatable bonds is 29. The summed E-state index contributed by atoms with van der Waals surface area (Å²) in [4.78, 5) is 37.6. The van der Waals surface area contributed by atoms with Crippen molar-refractivity contribution in [3.63, 3.8) is 0 Å². The van der Waals surface area contributed by atoms with Crippen LogP contribution in [0.25, 0.3) is 0 Å². The Hall–Kier alpha value is -1.89. The van der Waals surface area contributed by atoms with Crippen LogP contribution in [0, 0.1) is 0 Å². The molecule has 0 rings (SSSR count). The largest absolute Gasteiger partial charge is 0.544 e. The van der Waals surface area contributed by atoms with Gasteiger partial charge in [0, 0.05) is 19.3 Å². The summed E-state index contributed by atoms with van der Waals surface area (Å²) in [5, 5.41) is 33.0. The number of hydrogen-bond acceptors (Lipinski definition) is 4. The van der Waals surface area contributed by atoms with Crippen LogP contribution < -0.4 is 5.11 Å². The second-order valence-electron chi connectivity index (χ2n) is 11.9. The summed E-state index contributed by atoms with van der Waals surface area (Å²) in [6.45, 7) is 8.04. The van der Waals surface area contributed by atoms with Gasteiger partial charge < -0.3 is 20.1 Å². The molecule has 0 saturated carbocycles. The maximum absolute atomic E-state index is 12.6. The Balaban J connectivity index is 5.00. The van der Waals surface area contributed by atoms with Gasteiger partial charge in [0.15, 0.2) is 12.1 Å². The molecular formula is C34H63NO6. The molecule has 2 N–H and O–H groups in total. The Kier molecular flexibility index (Phi) is 23.5. The minimum absolute atomic E-state index is 0.207. The molecule has 0 heterocycles. The van der Waals surface area contributed by atoms with E-state index in [2.05, 4.69) is 19.1 Å². The first-order chi connectivity index (χ1) is 19.7. The van der Waals surface area contributed by atoms with E-state index in [1.54, 1.807) is 0 Å². The van der Waals surface area contributed by atoms with E-state index < -0.39 is 40.5 Å². The van der Waals surface area contributed by atoms with Crippen LogP contribution in [0.3, 0.4) is 0 Å². The van der Waals surface area contributed by atoms with E-state index in [4.69, 9.17) is 0 Å². The minimum Gasteiger partial charge on any atom is -0.544 e. The van der Waals surface area contributed by atoms with Crippen molar-refractivity contribution in [3.05, 3.63) is 12.2 Å². The second-order valence-corrected chi connectivity index (χ2v) is 11.9. The van der Waals surface area contributed by atoms with Gasteiger partial charge in [0.1, 0.15) is 6.04 Å². The van der Waals surface area contributed by atoms with Crippen LogP contribution in [-0.4, -0.2) is 57.3 Å². The predicted molar refractivity (Wildman–Crippen MR) is 166 cm³/mol. The fourth-order valence-electron chi connectivity index (χ4n) is 6.44. The van der Waals surface area contributed by atoms with Crippen molar-refractivity contribution in [2.75, 3.05) is 6.54 Å². The molecule has 0 amide bonds. The van der Waals surface area contributed by atoms with Gasteiger partial charge in [-0.1, -0.05) is 104 Å². The second kappa shape index (κ2) is 24.7.